The highest BCUT2D eigenvalue weighted by molar-refractivity contribution is 6.49. The van der Waals surface area contributed by atoms with Crippen LogP contribution in [0.3, 0.4) is 0 Å². The van der Waals surface area contributed by atoms with Crippen molar-refractivity contribution in [2.45, 2.75) is 31.1 Å². The number of halogens is 1. The molecule has 0 radical (unpaired) electrons. The predicted molar refractivity (Wildman–Crippen MR) is 149 cm³/mol. The Bertz CT molecular complexity index is 1440. The lowest BCUT2D eigenvalue weighted by molar-refractivity contribution is -0.142. The largest absolute Gasteiger partial charge is 0.497 e. The molecule has 0 heterocycles. The van der Waals surface area contributed by atoms with Crippen molar-refractivity contribution in [3.63, 3.8) is 0 Å². The van der Waals surface area contributed by atoms with Crippen LogP contribution in [0.4, 0.5) is 0 Å². The number of ether oxygens (including phenoxy) is 3. The number of hydrogen-bond acceptors (Lipinski definition) is 7. The molecule has 5 rings (SSSR count). The highest BCUT2D eigenvalue weighted by Gasteiger charge is 2.44. The number of hydrogen-bond donors (Lipinski definition) is 0. The van der Waals surface area contributed by atoms with Gasteiger partial charge in [-0.05, 0) is 82.6 Å². The van der Waals surface area contributed by atoms with Crippen LogP contribution in [-0.2, 0) is 37.4 Å². The SMILES string of the molecule is COCCC1(CCOC)c2cc(Cl)ccc2-c2cc3c(cc21)C(=O)/C(=N/OC(=O)Cc1ccc(OC)cc1)C3. The van der Waals surface area contributed by atoms with Crippen molar-refractivity contribution < 1.29 is 28.6 Å². The number of fused-ring (bicyclic) bond motifs is 4. The average molecular weight is 548 g/mol. The van der Waals surface area contributed by atoms with E-state index < -0.39 is 11.4 Å². The van der Waals surface area contributed by atoms with Gasteiger partial charge in [0.25, 0.3) is 0 Å². The van der Waals surface area contributed by atoms with E-state index in [-0.39, 0.29) is 17.9 Å². The molecule has 0 amide bonds. The molecule has 0 saturated heterocycles. The van der Waals surface area contributed by atoms with Gasteiger partial charge in [0.05, 0.1) is 13.5 Å². The summed E-state index contributed by atoms with van der Waals surface area (Å²) in [4.78, 5) is 31.0. The summed E-state index contributed by atoms with van der Waals surface area (Å²) in [6.07, 6.45) is 1.76. The van der Waals surface area contributed by atoms with Crippen molar-refractivity contribution in [2.75, 3.05) is 34.5 Å². The molecule has 202 valence electrons. The van der Waals surface area contributed by atoms with Crippen LogP contribution in [0.5, 0.6) is 5.75 Å². The molecule has 0 saturated carbocycles. The van der Waals surface area contributed by atoms with E-state index in [4.69, 9.17) is 30.6 Å². The monoisotopic (exact) mass is 547 g/mol. The molecule has 8 heteroatoms. The van der Waals surface area contributed by atoms with E-state index in [0.717, 1.165) is 33.4 Å². The van der Waals surface area contributed by atoms with Gasteiger partial charge in [0, 0.05) is 49.9 Å². The number of nitrogens with zero attached hydrogens (tertiary/aromatic N) is 1. The molecule has 0 aromatic heterocycles. The number of oxime groups is 1. The van der Waals surface area contributed by atoms with Crippen molar-refractivity contribution >= 4 is 29.1 Å². The molecule has 0 N–H and O–H groups in total. The topological polar surface area (TPSA) is 83.4 Å². The molecule has 0 bridgehead atoms. The fraction of sp³-hybridized carbons (Fsp3) is 0.323. The van der Waals surface area contributed by atoms with Crippen LogP contribution >= 0.6 is 11.6 Å². The fourth-order valence-corrected chi connectivity index (χ4v) is 5.84. The van der Waals surface area contributed by atoms with E-state index in [0.29, 0.717) is 48.8 Å². The molecule has 2 aliphatic rings. The van der Waals surface area contributed by atoms with E-state index in [9.17, 15) is 9.59 Å². The summed E-state index contributed by atoms with van der Waals surface area (Å²) in [5, 5.41) is 4.64. The second-order valence-corrected chi connectivity index (χ2v) is 10.3. The number of benzene rings is 3. The lowest BCUT2D eigenvalue weighted by Gasteiger charge is -2.32. The lowest BCUT2D eigenvalue weighted by atomic mass is 9.72. The summed E-state index contributed by atoms with van der Waals surface area (Å²) < 4.78 is 16.1. The molecule has 39 heavy (non-hydrogen) atoms. The number of carbonyl (C=O) groups is 2. The number of rotatable bonds is 10. The summed E-state index contributed by atoms with van der Waals surface area (Å²) in [5.74, 6) is -0.0676. The Labute approximate surface area is 232 Å². The van der Waals surface area contributed by atoms with Gasteiger partial charge in [-0.15, -0.1) is 0 Å². The minimum absolute atomic E-state index is 0.0388. The van der Waals surface area contributed by atoms with Crippen molar-refractivity contribution in [1.82, 2.24) is 0 Å². The summed E-state index contributed by atoms with van der Waals surface area (Å²) in [6, 6.07) is 17.1. The molecular weight excluding hydrogens is 518 g/mol. The molecule has 0 unspecified atom stereocenters. The normalized spacial score (nSPS) is 15.7. The zero-order valence-corrected chi connectivity index (χ0v) is 23.0. The second-order valence-electron chi connectivity index (χ2n) is 9.84. The molecule has 0 spiro atoms. The van der Waals surface area contributed by atoms with E-state index >= 15 is 0 Å². The molecule has 0 atom stereocenters. The summed E-state index contributed by atoms with van der Waals surface area (Å²) in [7, 11) is 4.95. The van der Waals surface area contributed by atoms with Gasteiger partial charge in [-0.1, -0.05) is 35.0 Å². The van der Waals surface area contributed by atoms with Gasteiger partial charge < -0.3 is 19.0 Å². The smallest absolute Gasteiger partial charge is 0.339 e. The van der Waals surface area contributed by atoms with E-state index in [2.05, 4.69) is 11.2 Å². The van der Waals surface area contributed by atoms with Crippen molar-refractivity contribution in [3.05, 3.63) is 87.4 Å². The molecule has 3 aromatic rings. The average Bonchev–Trinajstić information content (AvgIpc) is 3.39. The van der Waals surface area contributed by atoms with Crippen molar-refractivity contribution in [2.24, 2.45) is 5.16 Å². The molecule has 7 nitrogen and oxygen atoms in total. The van der Waals surface area contributed by atoms with E-state index in [1.165, 1.54) is 0 Å². The van der Waals surface area contributed by atoms with Gasteiger partial charge in [-0.25, -0.2) is 4.79 Å². The third-order valence-electron chi connectivity index (χ3n) is 7.64. The fourth-order valence-electron chi connectivity index (χ4n) is 5.67. The van der Waals surface area contributed by atoms with Crippen LogP contribution in [-0.4, -0.2) is 52.0 Å². The zero-order chi connectivity index (χ0) is 27.6. The first-order chi connectivity index (χ1) is 18.9. The van der Waals surface area contributed by atoms with Gasteiger partial charge in [0.15, 0.2) is 0 Å². The van der Waals surface area contributed by atoms with Crippen LogP contribution < -0.4 is 4.74 Å². The van der Waals surface area contributed by atoms with Gasteiger partial charge in [0.1, 0.15) is 11.5 Å². The Balaban J connectivity index is 1.44. The van der Waals surface area contributed by atoms with E-state index in [1.807, 2.05) is 24.3 Å². The minimum Gasteiger partial charge on any atom is -0.497 e. The summed E-state index contributed by atoms with van der Waals surface area (Å²) in [6.45, 7) is 1.08. The number of carbonyl (C=O) groups excluding carboxylic acids is 2. The quantitative estimate of drug-likeness (QED) is 0.244. The first kappa shape index (κ1) is 27.1. The van der Waals surface area contributed by atoms with Gasteiger partial charge in [-0.2, -0.15) is 0 Å². The zero-order valence-electron chi connectivity index (χ0n) is 22.2. The lowest BCUT2D eigenvalue weighted by Crippen LogP contribution is -2.29. The highest BCUT2D eigenvalue weighted by atomic mass is 35.5. The second kappa shape index (κ2) is 11.3. The Hall–Kier alpha value is -3.52. The van der Waals surface area contributed by atoms with Crippen LogP contribution in [0, 0.1) is 0 Å². The third kappa shape index (κ3) is 5.10. The number of ketones is 1. The maximum atomic E-state index is 13.4. The Morgan fingerprint density at radius 2 is 1.59 bits per heavy atom. The molecule has 2 aliphatic carbocycles. The standard InChI is InChI=1S/C31H30ClNO6/c1-36-12-10-31(11-13-37-2)26-17-21(32)6-9-23(26)25-15-20-16-28(30(35)24(20)18-27(25)31)33-39-29(34)14-19-4-7-22(38-3)8-5-19/h4-9,15,17-18H,10-14,16H2,1-3H3/b33-28+. The van der Waals surface area contributed by atoms with Crippen LogP contribution in [0.25, 0.3) is 11.1 Å². The van der Waals surface area contributed by atoms with Gasteiger partial charge >= 0.3 is 5.97 Å². The number of methoxy groups -OCH3 is 3. The van der Waals surface area contributed by atoms with Gasteiger partial charge in [-0.3, -0.25) is 4.79 Å². The van der Waals surface area contributed by atoms with E-state index in [1.54, 1.807) is 45.6 Å². The summed E-state index contributed by atoms with van der Waals surface area (Å²) in [5.41, 5.74) is 6.34. The van der Waals surface area contributed by atoms with Crippen LogP contribution in [0.1, 0.15) is 45.5 Å². The maximum Gasteiger partial charge on any atom is 0.339 e. The van der Waals surface area contributed by atoms with Crippen LogP contribution in [0.2, 0.25) is 5.02 Å². The maximum absolute atomic E-state index is 13.4. The summed E-state index contributed by atoms with van der Waals surface area (Å²) >= 11 is 6.45. The van der Waals surface area contributed by atoms with Crippen molar-refractivity contribution in [3.8, 4) is 16.9 Å². The third-order valence-corrected chi connectivity index (χ3v) is 7.88. The first-order valence-electron chi connectivity index (χ1n) is 12.8. The highest BCUT2D eigenvalue weighted by Crippen LogP contribution is 2.54. The minimum atomic E-state index is -0.539. The van der Waals surface area contributed by atoms with Crippen molar-refractivity contribution in [1.29, 1.82) is 0 Å². The molecule has 0 fully saturated rings. The molecule has 3 aromatic carbocycles. The Morgan fingerprint density at radius 1 is 0.897 bits per heavy atom. The van der Waals surface area contributed by atoms with Crippen LogP contribution in [0.15, 0.2) is 59.8 Å². The van der Waals surface area contributed by atoms with Gasteiger partial charge in [0.2, 0.25) is 5.78 Å². The first-order valence-corrected chi connectivity index (χ1v) is 13.2. The Kier molecular flexibility index (Phi) is 7.84. The Morgan fingerprint density at radius 3 is 2.26 bits per heavy atom. The molecular formula is C31H30ClNO6. The molecule has 0 aliphatic heterocycles. The predicted octanol–water partition coefficient (Wildman–Crippen LogP) is 5.57. The number of Topliss-reactive ketones (excluding diaryl/α,β-unsaturated/α-hetero) is 1.